The molecule has 0 atom stereocenters. The van der Waals surface area contributed by atoms with E-state index in [0.29, 0.717) is 5.76 Å². The van der Waals surface area contributed by atoms with Gasteiger partial charge in [-0.3, -0.25) is 4.79 Å². The average molecular weight is 200 g/mol. The summed E-state index contributed by atoms with van der Waals surface area (Å²) in [6.45, 7) is 1.42. The van der Waals surface area contributed by atoms with Gasteiger partial charge in [0.05, 0.1) is 0 Å². The number of fused-ring (bicyclic) bond motifs is 2. The summed E-state index contributed by atoms with van der Waals surface area (Å²) in [4.78, 5) is 10.9. The predicted molar refractivity (Wildman–Crippen MR) is 58.9 cm³/mol. The lowest BCUT2D eigenvalue weighted by atomic mass is 10.1. The first-order valence-corrected chi connectivity index (χ1v) is 4.89. The Bertz CT molecular complexity index is 431. The van der Waals surface area contributed by atoms with Crippen LogP contribution < -0.4 is 0 Å². The fourth-order valence-electron chi connectivity index (χ4n) is 1.59. The van der Waals surface area contributed by atoms with Crippen molar-refractivity contribution in [2.24, 2.45) is 0 Å². The number of ether oxygens (including phenoxy) is 1. The molecular formula is C13H12O2. The van der Waals surface area contributed by atoms with Gasteiger partial charge in [0.15, 0.2) is 0 Å². The molecule has 2 aliphatic rings. The Morgan fingerprint density at radius 3 is 2.80 bits per heavy atom. The maximum atomic E-state index is 10.9. The SMILES string of the molecule is CC(=O)OC1=CC=CC2=CC=CC=C1C2. The summed E-state index contributed by atoms with van der Waals surface area (Å²) in [5.41, 5.74) is 2.25. The quantitative estimate of drug-likeness (QED) is 0.608. The van der Waals surface area contributed by atoms with E-state index in [9.17, 15) is 4.79 Å². The average Bonchev–Trinajstić information content (AvgIpc) is 2.50. The second kappa shape index (κ2) is 4.13. The van der Waals surface area contributed by atoms with Crippen LogP contribution in [0.1, 0.15) is 13.3 Å². The summed E-state index contributed by atoms with van der Waals surface area (Å²) in [7, 11) is 0. The van der Waals surface area contributed by atoms with Crippen LogP contribution >= 0.6 is 0 Å². The number of allylic oxidation sites excluding steroid dienone is 9. The third-order valence-corrected chi connectivity index (χ3v) is 2.24. The molecule has 0 amide bonds. The Labute approximate surface area is 88.9 Å². The molecule has 0 aromatic rings. The van der Waals surface area contributed by atoms with Crippen LogP contribution in [0.4, 0.5) is 0 Å². The molecule has 2 bridgehead atoms. The van der Waals surface area contributed by atoms with Crippen LogP contribution in [0, 0.1) is 0 Å². The predicted octanol–water partition coefficient (Wildman–Crippen LogP) is 2.82. The van der Waals surface area contributed by atoms with Crippen molar-refractivity contribution in [2.45, 2.75) is 13.3 Å². The summed E-state index contributed by atoms with van der Waals surface area (Å²) < 4.78 is 5.15. The van der Waals surface area contributed by atoms with E-state index in [-0.39, 0.29) is 5.97 Å². The lowest BCUT2D eigenvalue weighted by molar-refractivity contribution is -0.136. The Kier molecular flexibility index (Phi) is 2.68. The van der Waals surface area contributed by atoms with E-state index in [1.807, 2.05) is 36.5 Å². The number of hydrogen-bond acceptors (Lipinski definition) is 2. The van der Waals surface area contributed by atoms with Gasteiger partial charge in [0.25, 0.3) is 0 Å². The van der Waals surface area contributed by atoms with Gasteiger partial charge in [0.2, 0.25) is 0 Å². The molecule has 0 N–H and O–H groups in total. The van der Waals surface area contributed by atoms with Crippen molar-refractivity contribution in [3.05, 3.63) is 59.4 Å². The summed E-state index contributed by atoms with van der Waals surface area (Å²) in [6, 6.07) is 0. The van der Waals surface area contributed by atoms with E-state index in [4.69, 9.17) is 4.74 Å². The molecule has 0 aromatic carbocycles. The molecule has 0 aliphatic heterocycles. The largest absolute Gasteiger partial charge is 0.426 e. The summed E-state index contributed by atoms with van der Waals surface area (Å²) in [5, 5.41) is 0. The maximum absolute atomic E-state index is 10.9. The van der Waals surface area contributed by atoms with Gasteiger partial charge in [0, 0.05) is 13.3 Å². The van der Waals surface area contributed by atoms with Gasteiger partial charge in [0.1, 0.15) is 5.76 Å². The van der Waals surface area contributed by atoms with Crippen molar-refractivity contribution in [3.63, 3.8) is 0 Å². The van der Waals surface area contributed by atoms with Crippen LogP contribution in [0.15, 0.2) is 59.4 Å². The van der Waals surface area contributed by atoms with Crippen molar-refractivity contribution >= 4 is 5.97 Å². The van der Waals surface area contributed by atoms with E-state index < -0.39 is 0 Å². The molecule has 15 heavy (non-hydrogen) atoms. The van der Waals surface area contributed by atoms with Crippen molar-refractivity contribution in [1.82, 2.24) is 0 Å². The first-order chi connectivity index (χ1) is 7.25. The molecule has 2 heteroatoms. The van der Waals surface area contributed by atoms with Gasteiger partial charge < -0.3 is 4.74 Å². The van der Waals surface area contributed by atoms with Crippen molar-refractivity contribution in [3.8, 4) is 0 Å². The number of carbonyl (C=O) groups is 1. The van der Waals surface area contributed by atoms with Crippen LogP contribution in [0.5, 0.6) is 0 Å². The minimum absolute atomic E-state index is 0.281. The van der Waals surface area contributed by atoms with Gasteiger partial charge in [-0.1, -0.05) is 36.5 Å². The lowest BCUT2D eigenvalue weighted by Crippen LogP contribution is -2.01. The molecule has 2 nitrogen and oxygen atoms in total. The third-order valence-electron chi connectivity index (χ3n) is 2.24. The molecule has 2 aliphatic carbocycles. The summed E-state index contributed by atoms with van der Waals surface area (Å²) in [6.07, 6.45) is 14.6. The molecule has 0 unspecified atom stereocenters. The van der Waals surface area contributed by atoms with E-state index in [1.165, 1.54) is 12.5 Å². The Morgan fingerprint density at radius 1 is 1.20 bits per heavy atom. The van der Waals surface area contributed by atoms with Gasteiger partial charge in [-0.15, -0.1) is 0 Å². The zero-order chi connectivity index (χ0) is 10.7. The van der Waals surface area contributed by atoms with Gasteiger partial charge in [-0.2, -0.15) is 0 Å². The molecule has 2 rings (SSSR count). The molecule has 0 fully saturated rings. The fraction of sp³-hybridized carbons (Fsp3) is 0.154. The highest BCUT2D eigenvalue weighted by atomic mass is 16.5. The fourth-order valence-corrected chi connectivity index (χ4v) is 1.59. The Balaban J connectivity index is 2.33. The number of hydrogen-bond donors (Lipinski definition) is 0. The number of esters is 1. The van der Waals surface area contributed by atoms with Gasteiger partial charge in [-0.25, -0.2) is 0 Å². The van der Waals surface area contributed by atoms with E-state index in [0.717, 1.165) is 12.0 Å². The molecular weight excluding hydrogens is 188 g/mol. The Morgan fingerprint density at radius 2 is 2.00 bits per heavy atom. The zero-order valence-electron chi connectivity index (χ0n) is 8.57. The van der Waals surface area contributed by atoms with E-state index >= 15 is 0 Å². The second-order valence-electron chi connectivity index (χ2n) is 3.48. The molecule has 0 radical (unpaired) electrons. The van der Waals surface area contributed by atoms with Crippen LogP contribution in [-0.2, 0) is 9.53 Å². The Hall–Kier alpha value is -1.83. The van der Waals surface area contributed by atoms with Crippen molar-refractivity contribution in [2.75, 3.05) is 0 Å². The molecule has 0 saturated carbocycles. The van der Waals surface area contributed by atoms with Crippen LogP contribution in [-0.4, -0.2) is 5.97 Å². The number of carbonyl (C=O) groups excluding carboxylic acids is 1. The highest BCUT2D eigenvalue weighted by Gasteiger charge is 2.12. The first kappa shape index (κ1) is 9.71. The molecule has 0 heterocycles. The smallest absolute Gasteiger partial charge is 0.308 e. The number of rotatable bonds is 1. The first-order valence-electron chi connectivity index (χ1n) is 4.89. The van der Waals surface area contributed by atoms with Crippen molar-refractivity contribution < 1.29 is 9.53 Å². The van der Waals surface area contributed by atoms with E-state index in [2.05, 4.69) is 6.08 Å². The third kappa shape index (κ3) is 2.34. The second-order valence-corrected chi connectivity index (χ2v) is 3.48. The van der Waals surface area contributed by atoms with Gasteiger partial charge in [-0.05, 0) is 17.2 Å². The minimum atomic E-state index is -0.281. The van der Waals surface area contributed by atoms with E-state index in [1.54, 1.807) is 0 Å². The topological polar surface area (TPSA) is 26.3 Å². The molecule has 0 aromatic heterocycles. The highest BCUT2D eigenvalue weighted by molar-refractivity contribution is 5.68. The van der Waals surface area contributed by atoms with Crippen LogP contribution in [0.2, 0.25) is 0 Å². The minimum Gasteiger partial charge on any atom is -0.426 e. The lowest BCUT2D eigenvalue weighted by Gasteiger charge is -2.08. The normalized spacial score (nSPS) is 18.3. The van der Waals surface area contributed by atoms with Crippen LogP contribution in [0.3, 0.4) is 0 Å². The zero-order valence-corrected chi connectivity index (χ0v) is 8.57. The highest BCUT2D eigenvalue weighted by Crippen LogP contribution is 2.26. The molecule has 0 spiro atoms. The van der Waals surface area contributed by atoms with Crippen molar-refractivity contribution in [1.29, 1.82) is 0 Å². The summed E-state index contributed by atoms with van der Waals surface area (Å²) >= 11 is 0. The standard InChI is InChI=1S/C13H12O2/c1-10(14)15-13-8-4-6-11-5-2-3-7-12(13)9-11/h2-8H,9H2,1H3. The maximum Gasteiger partial charge on any atom is 0.308 e. The molecule has 76 valence electrons. The van der Waals surface area contributed by atoms with Crippen LogP contribution in [0.25, 0.3) is 0 Å². The monoisotopic (exact) mass is 200 g/mol. The molecule has 0 saturated heterocycles. The van der Waals surface area contributed by atoms with Gasteiger partial charge >= 0.3 is 5.97 Å². The summed E-state index contributed by atoms with van der Waals surface area (Å²) in [5.74, 6) is 0.366.